The Morgan fingerprint density at radius 1 is 1.55 bits per heavy atom. The van der Waals surface area contributed by atoms with Crippen LogP contribution in [-0.2, 0) is 0 Å². The lowest BCUT2D eigenvalue weighted by molar-refractivity contribution is 0.369. The molecule has 1 nitrogen and oxygen atoms in total. The molecule has 0 heterocycles. The van der Waals surface area contributed by atoms with Crippen molar-refractivity contribution in [2.24, 2.45) is 5.73 Å². The van der Waals surface area contributed by atoms with E-state index in [9.17, 15) is 0 Å². The molecule has 1 fully saturated rings. The molecule has 2 heteroatoms. The number of hydrogen-bond acceptors (Lipinski definition) is 2. The SMILES string of the molecule is CCC(C)SC1(CN)CCC1. The van der Waals surface area contributed by atoms with Gasteiger partial charge in [0, 0.05) is 16.5 Å². The third-order valence-electron chi connectivity index (χ3n) is 2.66. The van der Waals surface area contributed by atoms with Gasteiger partial charge in [-0.15, -0.1) is 0 Å². The molecule has 1 aliphatic rings. The van der Waals surface area contributed by atoms with E-state index in [0.717, 1.165) is 11.8 Å². The van der Waals surface area contributed by atoms with Crippen LogP contribution in [0, 0.1) is 0 Å². The Morgan fingerprint density at radius 3 is 2.45 bits per heavy atom. The van der Waals surface area contributed by atoms with Crippen LogP contribution in [0.25, 0.3) is 0 Å². The van der Waals surface area contributed by atoms with E-state index in [4.69, 9.17) is 5.73 Å². The molecule has 1 atom stereocenters. The standard InChI is InChI=1S/C9H19NS/c1-3-8(2)11-9(7-10)5-4-6-9/h8H,3-7,10H2,1-2H3. The summed E-state index contributed by atoms with van der Waals surface area (Å²) in [5.74, 6) is 0. The van der Waals surface area contributed by atoms with Crippen LogP contribution < -0.4 is 5.73 Å². The summed E-state index contributed by atoms with van der Waals surface area (Å²) >= 11 is 2.11. The van der Waals surface area contributed by atoms with Gasteiger partial charge in [0.15, 0.2) is 0 Å². The summed E-state index contributed by atoms with van der Waals surface area (Å²) in [4.78, 5) is 0. The van der Waals surface area contributed by atoms with Crippen molar-refractivity contribution in [3.63, 3.8) is 0 Å². The minimum absolute atomic E-state index is 0.482. The molecule has 0 radical (unpaired) electrons. The summed E-state index contributed by atoms with van der Waals surface area (Å²) in [6, 6.07) is 0. The van der Waals surface area contributed by atoms with Crippen molar-refractivity contribution < 1.29 is 0 Å². The maximum atomic E-state index is 5.75. The minimum atomic E-state index is 0.482. The van der Waals surface area contributed by atoms with E-state index in [1.807, 2.05) is 0 Å². The molecule has 0 aromatic heterocycles. The van der Waals surface area contributed by atoms with Crippen molar-refractivity contribution in [1.29, 1.82) is 0 Å². The van der Waals surface area contributed by atoms with Gasteiger partial charge in [0.2, 0.25) is 0 Å². The highest BCUT2D eigenvalue weighted by Crippen LogP contribution is 2.45. The minimum Gasteiger partial charge on any atom is -0.329 e. The van der Waals surface area contributed by atoms with Gasteiger partial charge in [-0.05, 0) is 19.3 Å². The molecular formula is C9H19NS. The predicted octanol–water partition coefficient (Wildman–Crippen LogP) is 2.40. The number of rotatable bonds is 4. The maximum Gasteiger partial charge on any atom is 0.0284 e. The van der Waals surface area contributed by atoms with Crippen molar-refractivity contribution in [3.05, 3.63) is 0 Å². The lowest BCUT2D eigenvalue weighted by Gasteiger charge is -2.42. The molecule has 0 spiro atoms. The van der Waals surface area contributed by atoms with E-state index in [1.54, 1.807) is 0 Å². The summed E-state index contributed by atoms with van der Waals surface area (Å²) in [6.45, 7) is 5.43. The molecule has 1 saturated carbocycles. The van der Waals surface area contributed by atoms with Gasteiger partial charge in [0.05, 0.1) is 0 Å². The Bertz CT molecular complexity index is 115. The van der Waals surface area contributed by atoms with Crippen LogP contribution in [0.1, 0.15) is 39.5 Å². The third-order valence-corrected chi connectivity index (χ3v) is 4.47. The lowest BCUT2D eigenvalue weighted by atomic mass is 9.84. The van der Waals surface area contributed by atoms with E-state index in [2.05, 4.69) is 25.6 Å². The molecule has 0 aliphatic heterocycles. The highest BCUT2D eigenvalue weighted by atomic mass is 32.2. The Hall–Kier alpha value is 0.310. The molecular weight excluding hydrogens is 154 g/mol. The summed E-state index contributed by atoms with van der Waals surface area (Å²) < 4.78 is 0.482. The molecule has 0 aromatic carbocycles. The Morgan fingerprint density at radius 2 is 2.18 bits per heavy atom. The quantitative estimate of drug-likeness (QED) is 0.706. The average Bonchev–Trinajstić information content (AvgIpc) is 1.96. The first-order valence-corrected chi connectivity index (χ1v) is 5.48. The van der Waals surface area contributed by atoms with Gasteiger partial charge in [-0.3, -0.25) is 0 Å². The number of nitrogens with two attached hydrogens (primary N) is 1. The fourth-order valence-electron chi connectivity index (χ4n) is 1.45. The molecule has 1 aliphatic carbocycles. The van der Waals surface area contributed by atoms with E-state index >= 15 is 0 Å². The fraction of sp³-hybridized carbons (Fsp3) is 1.00. The van der Waals surface area contributed by atoms with Crippen LogP contribution in [0.15, 0.2) is 0 Å². The first-order chi connectivity index (χ1) is 5.22. The highest BCUT2D eigenvalue weighted by molar-refractivity contribution is 8.01. The largest absolute Gasteiger partial charge is 0.329 e. The lowest BCUT2D eigenvalue weighted by Crippen LogP contribution is -2.42. The van der Waals surface area contributed by atoms with Crippen LogP contribution >= 0.6 is 11.8 Å². The molecule has 66 valence electrons. The van der Waals surface area contributed by atoms with Gasteiger partial charge in [-0.2, -0.15) is 11.8 Å². The average molecular weight is 173 g/mol. The van der Waals surface area contributed by atoms with Crippen LogP contribution in [0.5, 0.6) is 0 Å². The zero-order chi connectivity index (χ0) is 8.32. The molecule has 1 rings (SSSR count). The fourth-order valence-corrected chi connectivity index (χ4v) is 3.09. The molecule has 0 saturated heterocycles. The topological polar surface area (TPSA) is 26.0 Å². The van der Waals surface area contributed by atoms with Crippen LogP contribution in [0.3, 0.4) is 0 Å². The Balaban J connectivity index is 2.32. The van der Waals surface area contributed by atoms with Gasteiger partial charge in [0.25, 0.3) is 0 Å². The number of thioether (sulfide) groups is 1. The van der Waals surface area contributed by atoms with Crippen molar-refractivity contribution in [2.45, 2.75) is 49.5 Å². The van der Waals surface area contributed by atoms with Gasteiger partial charge in [0.1, 0.15) is 0 Å². The molecule has 11 heavy (non-hydrogen) atoms. The molecule has 0 bridgehead atoms. The molecule has 2 N–H and O–H groups in total. The first kappa shape index (κ1) is 9.40. The van der Waals surface area contributed by atoms with E-state index in [-0.39, 0.29) is 0 Å². The van der Waals surface area contributed by atoms with Gasteiger partial charge in [-0.25, -0.2) is 0 Å². The molecule has 1 unspecified atom stereocenters. The van der Waals surface area contributed by atoms with Crippen molar-refractivity contribution >= 4 is 11.8 Å². The van der Waals surface area contributed by atoms with Crippen LogP contribution in [0.2, 0.25) is 0 Å². The number of hydrogen-bond donors (Lipinski definition) is 1. The second kappa shape index (κ2) is 3.81. The second-order valence-electron chi connectivity index (χ2n) is 3.58. The summed E-state index contributed by atoms with van der Waals surface area (Å²) in [5.41, 5.74) is 5.75. The third kappa shape index (κ3) is 2.12. The van der Waals surface area contributed by atoms with Gasteiger partial charge >= 0.3 is 0 Å². The van der Waals surface area contributed by atoms with Gasteiger partial charge < -0.3 is 5.73 Å². The smallest absolute Gasteiger partial charge is 0.0284 e. The summed E-state index contributed by atoms with van der Waals surface area (Å²) in [5, 5.41) is 0.791. The van der Waals surface area contributed by atoms with E-state index in [0.29, 0.717) is 4.75 Å². The normalized spacial score (nSPS) is 24.3. The maximum absolute atomic E-state index is 5.75. The molecule has 0 amide bonds. The van der Waals surface area contributed by atoms with Crippen molar-refractivity contribution in [2.75, 3.05) is 6.54 Å². The van der Waals surface area contributed by atoms with Crippen molar-refractivity contribution in [3.8, 4) is 0 Å². The van der Waals surface area contributed by atoms with Crippen LogP contribution in [-0.4, -0.2) is 16.5 Å². The first-order valence-electron chi connectivity index (χ1n) is 4.60. The Labute approximate surface area is 74.1 Å². The summed E-state index contributed by atoms with van der Waals surface area (Å²) in [6.07, 6.45) is 5.35. The Kier molecular flexibility index (Phi) is 3.26. The predicted molar refractivity (Wildman–Crippen MR) is 53.0 cm³/mol. The monoisotopic (exact) mass is 173 g/mol. The summed E-state index contributed by atoms with van der Waals surface area (Å²) in [7, 11) is 0. The van der Waals surface area contributed by atoms with E-state index < -0.39 is 0 Å². The van der Waals surface area contributed by atoms with Gasteiger partial charge in [-0.1, -0.05) is 20.3 Å². The zero-order valence-electron chi connectivity index (χ0n) is 7.60. The van der Waals surface area contributed by atoms with Crippen molar-refractivity contribution in [1.82, 2.24) is 0 Å². The van der Waals surface area contributed by atoms with Crippen LogP contribution in [0.4, 0.5) is 0 Å². The highest BCUT2D eigenvalue weighted by Gasteiger charge is 2.36. The van der Waals surface area contributed by atoms with E-state index in [1.165, 1.54) is 25.7 Å². The molecule has 0 aromatic rings. The zero-order valence-corrected chi connectivity index (χ0v) is 8.41. The second-order valence-corrected chi connectivity index (χ2v) is 5.48.